The van der Waals surface area contributed by atoms with Crippen LogP contribution in [0, 0.1) is 0 Å². The van der Waals surface area contributed by atoms with Crippen molar-refractivity contribution in [2.45, 2.75) is 26.3 Å². The highest BCUT2D eigenvalue weighted by molar-refractivity contribution is 5.94. The molecule has 5 N–H and O–H groups in total. The summed E-state index contributed by atoms with van der Waals surface area (Å²) in [6, 6.07) is 4.72. The van der Waals surface area contributed by atoms with E-state index in [0.29, 0.717) is 5.69 Å². The zero-order valence-electron chi connectivity index (χ0n) is 11.6. The molecule has 1 heterocycles. The molecule has 1 unspecified atom stereocenters. The van der Waals surface area contributed by atoms with Gasteiger partial charge in [-0.1, -0.05) is 19.9 Å². The first kappa shape index (κ1) is 15.0. The molecular formula is C14H21N3O2. The third-order valence-electron chi connectivity index (χ3n) is 2.88. The van der Waals surface area contributed by atoms with Crippen LogP contribution in [0.3, 0.4) is 0 Å². The summed E-state index contributed by atoms with van der Waals surface area (Å²) in [7, 11) is 1.90. The average molecular weight is 263 g/mol. The van der Waals surface area contributed by atoms with E-state index in [0.717, 1.165) is 16.5 Å². The maximum Gasteiger partial charge on any atom is 0.320 e. The maximum atomic E-state index is 10.8. The maximum absolute atomic E-state index is 10.8. The van der Waals surface area contributed by atoms with Gasteiger partial charge in [-0.2, -0.15) is 0 Å². The van der Waals surface area contributed by atoms with Gasteiger partial charge >= 0.3 is 5.97 Å². The molecule has 0 aliphatic carbocycles. The van der Waals surface area contributed by atoms with Crippen molar-refractivity contribution >= 4 is 22.6 Å². The van der Waals surface area contributed by atoms with Crippen LogP contribution in [0.15, 0.2) is 24.4 Å². The molecule has 0 amide bonds. The molecule has 5 heteroatoms. The fourth-order valence-electron chi connectivity index (χ4n) is 2.05. The lowest BCUT2D eigenvalue weighted by atomic mass is 10.0. The van der Waals surface area contributed by atoms with Gasteiger partial charge in [-0.15, -0.1) is 0 Å². The van der Waals surface area contributed by atoms with Crippen LogP contribution in [0.1, 0.15) is 19.4 Å². The first-order valence-electron chi connectivity index (χ1n) is 6.31. The number of carboxylic acid groups (broad SMARTS) is 1. The van der Waals surface area contributed by atoms with E-state index in [2.05, 4.69) is 0 Å². The van der Waals surface area contributed by atoms with E-state index >= 15 is 0 Å². The van der Waals surface area contributed by atoms with Crippen LogP contribution in [-0.4, -0.2) is 21.7 Å². The number of nitrogens with two attached hydrogens (primary N) is 2. The molecule has 0 saturated heterocycles. The first-order valence-corrected chi connectivity index (χ1v) is 6.31. The lowest BCUT2D eigenvalue weighted by molar-refractivity contribution is -0.138. The molecule has 2 rings (SSSR count). The Hall–Kier alpha value is -2.01. The second-order valence-corrected chi connectivity index (χ2v) is 4.16. The Labute approximate surface area is 112 Å². The molecule has 1 aromatic heterocycles. The van der Waals surface area contributed by atoms with Crippen LogP contribution in [-0.2, 0) is 18.3 Å². The highest BCUT2D eigenvalue weighted by atomic mass is 16.4. The monoisotopic (exact) mass is 263 g/mol. The number of carbonyl (C=O) groups is 1. The number of fused-ring (bicyclic) bond motifs is 1. The molecule has 2 aromatic rings. The van der Waals surface area contributed by atoms with Crippen LogP contribution in [0.25, 0.3) is 10.9 Å². The largest absolute Gasteiger partial charge is 0.480 e. The Morgan fingerprint density at radius 3 is 2.63 bits per heavy atom. The van der Waals surface area contributed by atoms with Crippen LogP contribution < -0.4 is 11.5 Å². The van der Waals surface area contributed by atoms with E-state index in [1.807, 2.05) is 43.8 Å². The van der Waals surface area contributed by atoms with Gasteiger partial charge in [0.2, 0.25) is 0 Å². The predicted octanol–water partition coefficient (Wildman–Crippen LogP) is 1.74. The van der Waals surface area contributed by atoms with Crippen molar-refractivity contribution in [2.75, 3.05) is 5.73 Å². The fraction of sp³-hybridized carbons (Fsp3) is 0.357. The van der Waals surface area contributed by atoms with Gasteiger partial charge in [0.1, 0.15) is 6.04 Å². The number of rotatable bonds is 3. The van der Waals surface area contributed by atoms with Crippen molar-refractivity contribution in [3.8, 4) is 0 Å². The van der Waals surface area contributed by atoms with E-state index in [-0.39, 0.29) is 6.42 Å². The number of aliphatic carboxylic acids is 1. The zero-order chi connectivity index (χ0) is 14.6. The summed E-state index contributed by atoms with van der Waals surface area (Å²) in [5.41, 5.74) is 14.0. The molecule has 1 atom stereocenters. The molecule has 0 fully saturated rings. The van der Waals surface area contributed by atoms with Gasteiger partial charge in [-0.05, 0) is 17.7 Å². The highest BCUT2D eigenvalue weighted by Crippen LogP contribution is 2.27. The van der Waals surface area contributed by atoms with E-state index < -0.39 is 12.0 Å². The predicted molar refractivity (Wildman–Crippen MR) is 78.0 cm³/mol. The standard InChI is InChI=1S/C12H15N3O2.C2H6/c1-15-6-7(5-9(14)12(16)17)11-8(13)3-2-4-10(11)15;1-2/h2-4,6,9H,5,13-14H2,1H3,(H,16,17);1-2H3. The van der Waals surface area contributed by atoms with Crippen LogP contribution in [0.4, 0.5) is 5.69 Å². The lowest BCUT2D eigenvalue weighted by Crippen LogP contribution is -2.32. The molecule has 5 nitrogen and oxygen atoms in total. The molecular weight excluding hydrogens is 242 g/mol. The quantitative estimate of drug-likeness (QED) is 0.735. The van der Waals surface area contributed by atoms with Gasteiger partial charge in [0.05, 0.1) is 5.52 Å². The van der Waals surface area contributed by atoms with Gasteiger partial charge in [0, 0.05) is 30.7 Å². The zero-order valence-corrected chi connectivity index (χ0v) is 11.6. The second kappa shape index (κ2) is 6.24. The Bertz CT molecular complexity index is 575. The van der Waals surface area contributed by atoms with Gasteiger partial charge < -0.3 is 21.1 Å². The number of hydrogen-bond donors (Lipinski definition) is 3. The minimum Gasteiger partial charge on any atom is -0.480 e. The fourth-order valence-corrected chi connectivity index (χ4v) is 2.05. The number of nitrogen functional groups attached to an aromatic ring is 1. The average Bonchev–Trinajstić information content (AvgIpc) is 2.70. The molecule has 1 aromatic carbocycles. The summed E-state index contributed by atoms with van der Waals surface area (Å²) in [6.07, 6.45) is 2.16. The summed E-state index contributed by atoms with van der Waals surface area (Å²) in [6.45, 7) is 4.00. The molecule has 0 bridgehead atoms. The van der Waals surface area contributed by atoms with Crippen molar-refractivity contribution in [1.29, 1.82) is 0 Å². The number of carboxylic acids is 1. The van der Waals surface area contributed by atoms with Gasteiger partial charge in [0.25, 0.3) is 0 Å². The number of nitrogens with zero attached hydrogens (tertiary/aromatic N) is 1. The van der Waals surface area contributed by atoms with E-state index in [1.165, 1.54) is 0 Å². The molecule has 104 valence electrons. The Kier molecular flexibility index (Phi) is 4.94. The van der Waals surface area contributed by atoms with Crippen LogP contribution >= 0.6 is 0 Å². The van der Waals surface area contributed by atoms with E-state index in [9.17, 15) is 4.79 Å². The molecule has 0 spiro atoms. The number of benzene rings is 1. The van der Waals surface area contributed by atoms with Crippen molar-refractivity contribution in [3.63, 3.8) is 0 Å². The third kappa shape index (κ3) is 3.06. The first-order chi connectivity index (χ1) is 9.00. The topological polar surface area (TPSA) is 94.3 Å². The van der Waals surface area contributed by atoms with Gasteiger partial charge in [-0.3, -0.25) is 4.79 Å². The van der Waals surface area contributed by atoms with E-state index in [1.54, 1.807) is 6.07 Å². The van der Waals surface area contributed by atoms with Crippen molar-refractivity contribution in [2.24, 2.45) is 12.8 Å². The number of anilines is 1. The number of hydrogen-bond acceptors (Lipinski definition) is 3. The van der Waals surface area contributed by atoms with Gasteiger partial charge in [-0.25, -0.2) is 0 Å². The van der Waals surface area contributed by atoms with Crippen molar-refractivity contribution < 1.29 is 9.90 Å². The summed E-state index contributed by atoms with van der Waals surface area (Å²) in [5.74, 6) is -1.00. The van der Waals surface area contributed by atoms with Crippen LogP contribution in [0.5, 0.6) is 0 Å². The van der Waals surface area contributed by atoms with Crippen molar-refractivity contribution in [3.05, 3.63) is 30.0 Å². The summed E-state index contributed by atoms with van der Waals surface area (Å²) >= 11 is 0. The van der Waals surface area contributed by atoms with Gasteiger partial charge in [0.15, 0.2) is 0 Å². The second-order valence-electron chi connectivity index (χ2n) is 4.16. The normalized spacial score (nSPS) is 11.8. The number of aryl methyl sites for hydroxylation is 1. The lowest BCUT2D eigenvalue weighted by Gasteiger charge is -2.05. The molecule has 0 saturated carbocycles. The highest BCUT2D eigenvalue weighted by Gasteiger charge is 2.16. The Balaban J connectivity index is 0.000000861. The SMILES string of the molecule is CC.Cn1cc(CC(N)C(=O)O)c2c(N)cccc21. The Morgan fingerprint density at radius 1 is 1.42 bits per heavy atom. The summed E-state index contributed by atoms with van der Waals surface area (Å²) < 4.78 is 1.93. The molecule has 0 radical (unpaired) electrons. The molecule has 0 aliphatic heterocycles. The minimum atomic E-state index is -1.00. The molecule has 0 aliphatic rings. The molecule has 19 heavy (non-hydrogen) atoms. The van der Waals surface area contributed by atoms with Crippen molar-refractivity contribution in [1.82, 2.24) is 4.57 Å². The summed E-state index contributed by atoms with van der Waals surface area (Å²) in [5, 5.41) is 9.72. The minimum absolute atomic E-state index is 0.279. The Morgan fingerprint density at radius 2 is 2.05 bits per heavy atom. The smallest absolute Gasteiger partial charge is 0.320 e. The third-order valence-corrected chi connectivity index (χ3v) is 2.88. The number of aromatic nitrogens is 1. The van der Waals surface area contributed by atoms with Crippen LogP contribution in [0.2, 0.25) is 0 Å². The van der Waals surface area contributed by atoms with E-state index in [4.69, 9.17) is 16.6 Å². The summed E-state index contributed by atoms with van der Waals surface area (Å²) in [4.78, 5) is 10.8.